The first-order chi connectivity index (χ1) is 11.7. The zero-order valence-electron chi connectivity index (χ0n) is 12.6. The molecule has 0 spiro atoms. The van der Waals surface area contributed by atoms with Crippen LogP contribution >= 0.6 is 27.3 Å². The van der Waals surface area contributed by atoms with Crippen molar-refractivity contribution in [3.05, 3.63) is 80.8 Å². The van der Waals surface area contributed by atoms with Crippen molar-refractivity contribution in [1.29, 1.82) is 0 Å². The third-order valence-corrected chi connectivity index (χ3v) is 5.29. The van der Waals surface area contributed by atoms with Gasteiger partial charge in [0.15, 0.2) is 0 Å². The Morgan fingerprint density at radius 3 is 2.71 bits per heavy atom. The highest BCUT2D eigenvalue weighted by atomic mass is 79.9. The molecule has 1 aliphatic heterocycles. The van der Waals surface area contributed by atoms with E-state index in [9.17, 15) is 4.79 Å². The maximum atomic E-state index is 12.8. The van der Waals surface area contributed by atoms with Crippen LogP contribution in [0.1, 0.15) is 33.5 Å². The van der Waals surface area contributed by atoms with E-state index in [-0.39, 0.29) is 11.9 Å². The van der Waals surface area contributed by atoms with Gasteiger partial charge in [-0.2, -0.15) is 5.10 Å². The number of thiophene rings is 1. The van der Waals surface area contributed by atoms with Crippen LogP contribution in [0.5, 0.6) is 0 Å². The van der Waals surface area contributed by atoms with E-state index < -0.39 is 0 Å². The molecule has 1 amide bonds. The van der Waals surface area contributed by atoms with Crippen molar-refractivity contribution in [1.82, 2.24) is 5.01 Å². The van der Waals surface area contributed by atoms with Gasteiger partial charge in [-0.15, -0.1) is 11.3 Å². The number of hydrogen-bond acceptors (Lipinski definition) is 4. The summed E-state index contributed by atoms with van der Waals surface area (Å²) in [5, 5.41) is 8.05. The molecule has 4 rings (SSSR count). The molecule has 4 nitrogen and oxygen atoms in total. The molecule has 0 unspecified atom stereocenters. The minimum Gasteiger partial charge on any atom is -0.467 e. The van der Waals surface area contributed by atoms with Crippen LogP contribution in [-0.2, 0) is 0 Å². The van der Waals surface area contributed by atoms with Crippen LogP contribution in [0.2, 0.25) is 0 Å². The van der Waals surface area contributed by atoms with E-state index in [1.165, 1.54) is 11.3 Å². The predicted molar refractivity (Wildman–Crippen MR) is 97.2 cm³/mol. The second kappa shape index (κ2) is 6.37. The quantitative estimate of drug-likeness (QED) is 0.613. The standard InChI is InChI=1S/C18H13BrN2O2S/c19-13-7-5-12(6-8-13)14-11-15(16-3-1-9-23-16)21(20-14)18(22)17-4-2-10-24-17/h1-10,15H,11H2/t15-/m1/s1. The Morgan fingerprint density at radius 1 is 1.21 bits per heavy atom. The van der Waals surface area contributed by atoms with E-state index in [0.29, 0.717) is 11.3 Å². The highest BCUT2D eigenvalue weighted by Gasteiger charge is 2.35. The molecule has 0 fully saturated rings. The molecular formula is C18H13BrN2O2S. The van der Waals surface area contributed by atoms with Gasteiger partial charge >= 0.3 is 0 Å². The van der Waals surface area contributed by atoms with Crippen LogP contribution in [0, 0.1) is 0 Å². The van der Waals surface area contributed by atoms with Crippen LogP contribution in [0.3, 0.4) is 0 Å². The Hall–Kier alpha value is -2.18. The summed E-state index contributed by atoms with van der Waals surface area (Å²) < 4.78 is 6.56. The van der Waals surface area contributed by atoms with Gasteiger partial charge in [0.05, 0.1) is 16.9 Å². The number of benzene rings is 1. The molecule has 1 aromatic carbocycles. The van der Waals surface area contributed by atoms with Gasteiger partial charge in [-0.25, -0.2) is 5.01 Å². The summed E-state index contributed by atoms with van der Waals surface area (Å²) in [7, 11) is 0. The zero-order valence-corrected chi connectivity index (χ0v) is 15.0. The van der Waals surface area contributed by atoms with Crippen molar-refractivity contribution in [2.75, 3.05) is 0 Å². The first-order valence-corrected chi connectivity index (χ1v) is 9.13. The fourth-order valence-electron chi connectivity index (χ4n) is 2.73. The van der Waals surface area contributed by atoms with Crippen molar-refractivity contribution in [2.45, 2.75) is 12.5 Å². The lowest BCUT2D eigenvalue weighted by atomic mass is 10.0. The van der Waals surface area contributed by atoms with Gasteiger partial charge in [-0.3, -0.25) is 4.79 Å². The van der Waals surface area contributed by atoms with Crippen molar-refractivity contribution in [2.24, 2.45) is 5.10 Å². The maximum absolute atomic E-state index is 12.8. The molecule has 0 aliphatic carbocycles. The Balaban J connectivity index is 1.71. The highest BCUT2D eigenvalue weighted by Crippen LogP contribution is 2.34. The van der Waals surface area contributed by atoms with E-state index in [1.54, 1.807) is 11.3 Å². The average Bonchev–Trinajstić information content (AvgIpc) is 3.34. The van der Waals surface area contributed by atoms with Crippen LogP contribution in [-0.4, -0.2) is 16.6 Å². The first-order valence-electron chi connectivity index (χ1n) is 7.46. The molecule has 6 heteroatoms. The van der Waals surface area contributed by atoms with Crippen LogP contribution < -0.4 is 0 Å². The van der Waals surface area contributed by atoms with Gasteiger partial charge in [0, 0.05) is 10.9 Å². The molecule has 1 atom stereocenters. The largest absolute Gasteiger partial charge is 0.467 e. The van der Waals surface area contributed by atoms with E-state index in [0.717, 1.165) is 21.5 Å². The molecule has 0 saturated carbocycles. The summed E-state index contributed by atoms with van der Waals surface area (Å²) in [4.78, 5) is 13.5. The Kier molecular flexibility index (Phi) is 4.08. The zero-order chi connectivity index (χ0) is 16.5. The average molecular weight is 401 g/mol. The van der Waals surface area contributed by atoms with Crippen LogP contribution in [0.25, 0.3) is 0 Å². The molecule has 24 heavy (non-hydrogen) atoms. The van der Waals surface area contributed by atoms with Crippen molar-refractivity contribution < 1.29 is 9.21 Å². The number of hydrogen-bond donors (Lipinski definition) is 0. The lowest BCUT2D eigenvalue weighted by molar-refractivity contribution is 0.0698. The fourth-order valence-corrected chi connectivity index (χ4v) is 3.65. The SMILES string of the molecule is O=C(c1cccs1)N1N=C(c2ccc(Br)cc2)C[C@@H]1c1ccco1. The van der Waals surface area contributed by atoms with Crippen molar-refractivity contribution in [3.63, 3.8) is 0 Å². The molecular weight excluding hydrogens is 388 g/mol. The van der Waals surface area contributed by atoms with Gasteiger partial charge in [0.2, 0.25) is 0 Å². The summed E-state index contributed by atoms with van der Waals surface area (Å²) in [5.74, 6) is 0.647. The molecule has 3 heterocycles. The van der Waals surface area contributed by atoms with Gasteiger partial charge in [0.1, 0.15) is 11.8 Å². The topological polar surface area (TPSA) is 45.8 Å². The van der Waals surface area contributed by atoms with E-state index in [4.69, 9.17) is 4.42 Å². The summed E-state index contributed by atoms with van der Waals surface area (Å²) in [5.41, 5.74) is 1.89. The maximum Gasteiger partial charge on any atom is 0.284 e. The Bertz CT molecular complexity index is 870. The van der Waals surface area contributed by atoms with Crippen molar-refractivity contribution in [3.8, 4) is 0 Å². The van der Waals surface area contributed by atoms with Crippen molar-refractivity contribution >= 4 is 38.9 Å². The monoisotopic (exact) mass is 400 g/mol. The molecule has 120 valence electrons. The van der Waals surface area contributed by atoms with Crippen LogP contribution in [0.4, 0.5) is 0 Å². The first kappa shape index (κ1) is 15.4. The second-order valence-electron chi connectivity index (χ2n) is 5.42. The summed E-state index contributed by atoms with van der Waals surface area (Å²) in [6.07, 6.45) is 2.26. The summed E-state index contributed by atoms with van der Waals surface area (Å²) in [6.45, 7) is 0. The molecule has 2 aromatic heterocycles. The van der Waals surface area contributed by atoms with E-state index >= 15 is 0 Å². The minimum absolute atomic E-state index is 0.0986. The number of nitrogens with zero attached hydrogens (tertiary/aromatic N) is 2. The van der Waals surface area contributed by atoms with Gasteiger partial charge in [0.25, 0.3) is 5.91 Å². The summed E-state index contributed by atoms with van der Waals surface area (Å²) in [6, 6.07) is 15.2. The third-order valence-electron chi connectivity index (χ3n) is 3.90. The lowest BCUT2D eigenvalue weighted by Gasteiger charge is -2.18. The molecule has 0 bridgehead atoms. The minimum atomic E-state index is -0.215. The van der Waals surface area contributed by atoms with Gasteiger partial charge in [-0.05, 0) is 41.3 Å². The number of carbonyl (C=O) groups excluding carboxylic acids is 1. The number of carbonyl (C=O) groups is 1. The molecule has 1 aliphatic rings. The normalized spacial score (nSPS) is 17.1. The Labute approximate surface area is 151 Å². The fraction of sp³-hybridized carbons (Fsp3) is 0.111. The predicted octanol–water partition coefficient (Wildman–Crippen LogP) is 5.10. The van der Waals surface area contributed by atoms with Gasteiger partial charge in [-0.1, -0.05) is 34.1 Å². The number of halogens is 1. The second-order valence-corrected chi connectivity index (χ2v) is 7.28. The number of furan rings is 1. The highest BCUT2D eigenvalue weighted by molar-refractivity contribution is 9.10. The van der Waals surface area contributed by atoms with E-state index in [2.05, 4.69) is 21.0 Å². The molecule has 0 saturated heterocycles. The number of amides is 1. The summed E-state index contributed by atoms with van der Waals surface area (Å²) >= 11 is 4.86. The third kappa shape index (κ3) is 2.83. The van der Waals surface area contributed by atoms with Gasteiger partial charge < -0.3 is 4.42 Å². The lowest BCUT2D eigenvalue weighted by Crippen LogP contribution is -2.26. The van der Waals surface area contributed by atoms with E-state index in [1.807, 2.05) is 53.9 Å². The number of rotatable bonds is 3. The smallest absolute Gasteiger partial charge is 0.284 e. The number of hydrazone groups is 1. The van der Waals surface area contributed by atoms with Crippen LogP contribution in [0.15, 0.2) is 74.2 Å². The Morgan fingerprint density at radius 2 is 2.04 bits per heavy atom. The molecule has 0 N–H and O–H groups in total. The molecule has 0 radical (unpaired) electrons. The molecule has 3 aromatic rings.